The Morgan fingerprint density at radius 3 is 2.67 bits per heavy atom. The molecule has 0 saturated heterocycles. The molecule has 0 spiro atoms. The molecule has 0 heterocycles. The van der Waals surface area contributed by atoms with Gasteiger partial charge in [-0.25, -0.2) is 0 Å². The Morgan fingerprint density at radius 1 is 1.33 bits per heavy atom. The maximum atomic E-state index is 10.8. The molecule has 1 fully saturated rings. The van der Waals surface area contributed by atoms with Crippen LogP contribution in [-0.4, -0.2) is 11.0 Å². The zero-order valence-corrected chi connectivity index (χ0v) is 13.0. The van der Waals surface area contributed by atoms with Crippen molar-refractivity contribution < 1.29 is 4.92 Å². The van der Waals surface area contributed by atoms with Crippen molar-refractivity contribution in [1.29, 1.82) is 0 Å². The van der Waals surface area contributed by atoms with Gasteiger partial charge >= 0.3 is 0 Å². The van der Waals surface area contributed by atoms with Gasteiger partial charge in [-0.3, -0.25) is 10.1 Å². The summed E-state index contributed by atoms with van der Waals surface area (Å²) in [6.45, 7) is 4.35. The normalized spacial score (nSPS) is 23.7. The second-order valence-corrected chi connectivity index (χ2v) is 6.25. The van der Waals surface area contributed by atoms with Crippen molar-refractivity contribution in [2.75, 3.05) is 0 Å². The molecule has 0 amide bonds. The summed E-state index contributed by atoms with van der Waals surface area (Å²) in [6, 6.07) is 7.67. The van der Waals surface area contributed by atoms with Crippen LogP contribution < -0.4 is 5.32 Å². The van der Waals surface area contributed by atoms with Crippen molar-refractivity contribution in [3.8, 4) is 0 Å². The number of benzene rings is 1. The molecule has 1 saturated carbocycles. The zero-order valence-electron chi connectivity index (χ0n) is 13.0. The Balaban J connectivity index is 1.89. The van der Waals surface area contributed by atoms with Crippen molar-refractivity contribution in [2.45, 2.75) is 64.5 Å². The molecule has 1 atom stereocenters. The highest BCUT2D eigenvalue weighted by molar-refractivity contribution is 5.35. The summed E-state index contributed by atoms with van der Waals surface area (Å²) in [5.74, 6) is 0.904. The van der Waals surface area contributed by atoms with E-state index in [0.717, 1.165) is 11.5 Å². The average molecular weight is 290 g/mol. The van der Waals surface area contributed by atoms with Crippen LogP contribution in [0.4, 0.5) is 5.69 Å². The topological polar surface area (TPSA) is 55.2 Å². The average Bonchev–Trinajstić information content (AvgIpc) is 2.49. The molecule has 2 rings (SSSR count). The summed E-state index contributed by atoms with van der Waals surface area (Å²) >= 11 is 0. The third-order valence-corrected chi connectivity index (χ3v) is 4.61. The predicted molar refractivity (Wildman–Crippen MR) is 85.3 cm³/mol. The highest BCUT2D eigenvalue weighted by atomic mass is 16.6. The smallest absolute Gasteiger partial charge is 0.269 e. The van der Waals surface area contributed by atoms with Crippen LogP contribution in [0.3, 0.4) is 0 Å². The number of nitro groups is 1. The third-order valence-electron chi connectivity index (χ3n) is 4.61. The molecule has 0 radical (unpaired) electrons. The number of rotatable bonds is 6. The zero-order chi connectivity index (χ0) is 15.2. The van der Waals surface area contributed by atoms with Crippen molar-refractivity contribution >= 4 is 5.69 Å². The van der Waals surface area contributed by atoms with Crippen LogP contribution in [0, 0.1) is 16.0 Å². The van der Waals surface area contributed by atoms with Gasteiger partial charge in [0.2, 0.25) is 0 Å². The monoisotopic (exact) mass is 290 g/mol. The number of hydrogen-bond acceptors (Lipinski definition) is 3. The van der Waals surface area contributed by atoms with E-state index < -0.39 is 0 Å². The molecule has 1 aromatic carbocycles. The fourth-order valence-electron chi connectivity index (χ4n) is 3.38. The van der Waals surface area contributed by atoms with E-state index >= 15 is 0 Å². The summed E-state index contributed by atoms with van der Waals surface area (Å²) in [6.07, 6.45) is 7.72. The minimum absolute atomic E-state index is 0.164. The van der Waals surface area contributed by atoms with Gasteiger partial charge in [-0.05, 0) is 44.1 Å². The molecule has 1 aliphatic carbocycles. The van der Waals surface area contributed by atoms with Gasteiger partial charge < -0.3 is 5.32 Å². The van der Waals surface area contributed by atoms with E-state index in [1.165, 1.54) is 38.5 Å². The molecule has 1 aromatic rings. The molecule has 0 aliphatic heterocycles. The summed E-state index contributed by atoms with van der Waals surface area (Å²) < 4.78 is 0. The largest absolute Gasteiger partial charge is 0.307 e. The molecule has 1 unspecified atom stereocenters. The maximum Gasteiger partial charge on any atom is 0.269 e. The Morgan fingerprint density at radius 2 is 2.05 bits per heavy atom. The van der Waals surface area contributed by atoms with Gasteiger partial charge in [-0.15, -0.1) is 0 Å². The lowest BCUT2D eigenvalue weighted by molar-refractivity contribution is -0.384. The Hall–Kier alpha value is -1.42. The Labute approximate surface area is 127 Å². The van der Waals surface area contributed by atoms with Crippen molar-refractivity contribution in [3.05, 3.63) is 39.9 Å². The van der Waals surface area contributed by atoms with Crippen LogP contribution in [0.25, 0.3) is 0 Å². The molecule has 116 valence electrons. The van der Waals surface area contributed by atoms with E-state index in [4.69, 9.17) is 0 Å². The lowest BCUT2D eigenvalue weighted by atomic mass is 9.83. The summed E-state index contributed by atoms with van der Waals surface area (Å²) in [4.78, 5) is 10.5. The number of nitrogens with zero attached hydrogens (tertiary/aromatic N) is 1. The predicted octanol–water partition coefficient (Wildman–Crippen LogP) is 4.60. The highest BCUT2D eigenvalue weighted by Crippen LogP contribution is 2.29. The number of nitrogens with one attached hydrogen (secondary N) is 1. The minimum Gasteiger partial charge on any atom is -0.307 e. The van der Waals surface area contributed by atoms with Gasteiger partial charge in [0.25, 0.3) is 5.69 Å². The fraction of sp³-hybridized carbons (Fsp3) is 0.647. The van der Waals surface area contributed by atoms with E-state index in [9.17, 15) is 10.1 Å². The second kappa shape index (κ2) is 7.55. The first-order valence-corrected chi connectivity index (χ1v) is 8.10. The van der Waals surface area contributed by atoms with Crippen molar-refractivity contribution in [2.24, 2.45) is 5.92 Å². The molecule has 0 bridgehead atoms. The first kappa shape index (κ1) is 16.0. The summed E-state index contributed by atoms with van der Waals surface area (Å²) in [5.41, 5.74) is 1.17. The molecular weight excluding hydrogens is 264 g/mol. The third kappa shape index (κ3) is 4.53. The van der Waals surface area contributed by atoms with Gasteiger partial charge in [-0.1, -0.05) is 31.9 Å². The SMILES string of the molecule is CCCC1CCC(NC(C)c2cccc([N+](=O)[O-])c2)CC1. The highest BCUT2D eigenvalue weighted by Gasteiger charge is 2.22. The quantitative estimate of drug-likeness (QED) is 0.615. The van der Waals surface area contributed by atoms with Crippen LogP contribution in [0.5, 0.6) is 0 Å². The number of nitro benzene ring substituents is 1. The number of hydrogen-bond donors (Lipinski definition) is 1. The first-order chi connectivity index (χ1) is 10.1. The Kier molecular flexibility index (Phi) is 5.74. The van der Waals surface area contributed by atoms with E-state index in [1.807, 2.05) is 6.07 Å². The minimum atomic E-state index is -0.327. The first-order valence-electron chi connectivity index (χ1n) is 8.10. The summed E-state index contributed by atoms with van der Waals surface area (Å²) in [7, 11) is 0. The van der Waals surface area contributed by atoms with Crippen LogP contribution in [0.1, 0.15) is 64.0 Å². The van der Waals surface area contributed by atoms with Crippen molar-refractivity contribution in [1.82, 2.24) is 5.32 Å². The van der Waals surface area contributed by atoms with Gasteiger partial charge in [-0.2, -0.15) is 0 Å². The lowest BCUT2D eigenvalue weighted by Gasteiger charge is -2.31. The standard InChI is InChI=1S/C17H26N2O2/c1-3-5-14-8-10-16(11-9-14)18-13(2)15-6-4-7-17(12-15)19(20)21/h4,6-7,12-14,16,18H,3,5,8-11H2,1-2H3. The van der Waals surface area contributed by atoms with Crippen LogP contribution in [0.2, 0.25) is 0 Å². The lowest BCUT2D eigenvalue weighted by Crippen LogP contribution is -2.35. The van der Waals surface area contributed by atoms with Crippen LogP contribution >= 0.6 is 0 Å². The maximum absolute atomic E-state index is 10.8. The molecule has 4 nitrogen and oxygen atoms in total. The van der Waals surface area contributed by atoms with Gasteiger partial charge in [0.05, 0.1) is 4.92 Å². The molecular formula is C17H26N2O2. The summed E-state index contributed by atoms with van der Waals surface area (Å²) in [5, 5.41) is 14.5. The van der Waals surface area contributed by atoms with Crippen LogP contribution in [-0.2, 0) is 0 Å². The molecule has 1 aliphatic rings. The molecule has 4 heteroatoms. The fourth-order valence-corrected chi connectivity index (χ4v) is 3.38. The van der Waals surface area contributed by atoms with Gasteiger partial charge in [0.1, 0.15) is 0 Å². The van der Waals surface area contributed by atoms with Gasteiger partial charge in [0.15, 0.2) is 0 Å². The second-order valence-electron chi connectivity index (χ2n) is 6.25. The van der Waals surface area contributed by atoms with E-state index in [2.05, 4.69) is 19.2 Å². The van der Waals surface area contributed by atoms with E-state index in [1.54, 1.807) is 18.2 Å². The van der Waals surface area contributed by atoms with Gasteiger partial charge in [0, 0.05) is 24.2 Å². The molecule has 21 heavy (non-hydrogen) atoms. The van der Waals surface area contributed by atoms with Crippen LogP contribution in [0.15, 0.2) is 24.3 Å². The molecule has 1 N–H and O–H groups in total. The van der Waals surface area contributed by atoms with Crippen molar-refractivity contribution in [3.63, 3.8) is 0 Å². The van der Waals surface area contributed by atoms with E-state index in [-0.39, 0.29) is 16.7 Å². The Bertz CT molecular complexity index is 468. The molecule has 0 aromatic heterocycles. The van der Waals surface area contributed by atoms with E-state index in [0.29, 0.717) is 6.04 Å². The number of non-ortho nitro benzene ring substituents is 1.